The Morgan fingerprint density at radius 1 is 1.30 bits per heavy atom. The van der Waals surface area contributed by atoms with Crippen LogP contribution in [0, 0.1) is 18.8 Å². The lowest BCUT2D eigenvalue weighted by Gasteiger charge is -2.34. The van der Waals surface area contributed by atoms with E-state index in [0.717, 1.165) is 48.4 Å². The fourth-order valence-corrected chi connectivity index (χ4v) is 4.64. The molecule has 6 nitrogen and oxygen atoms in total. The zero-order chi connectivity index (χ0) is 19.0. The van der Waals surface area contributed by atoms with Gasteiger partial charge in [-0.15, -0.1) is 11.3 Å². The van der Waals surface area contributed by atoms with Gasteiger partial charge in [-0.05, 0) is 42.9 Å². The van der Waals surface area contributed by atoms with E-state index in [9.17, 15) is 4.79 Å². The van der Waals surface area contributed by atoms with E-state index in [1.54, 1.807) is 6.20 Å². The number of anilines is 1. The highest BCUT2D eigenvalue weighted by Gasteiger charge is 2.22. The molecule has 0 radical (unpaired) electrons. The summed E-state index contributed by atoms with van der Waals surface area (Å²) in [4.78, 5) is 24.0. The van der Waals surface area contributed by atoms with E-state index in [1.165, 1.54) is 17.8 Å². The van der Waals surface area contributed by atoms with Crippen LogP contribution in [0.2, 0.25) is 0 Å². The van der Waals surface area contributed by atoms with Gasteiger partial charge in [-0.25, -0.2) is 9.97 Å². The van der Waals surface area contributed by atoms with Crippen molar-refractivity contribution in [3.63, 3.8) is 0 Å². The van der Waals surface area contributed by atoms with Gasteiger partial charge in [0.2, 0.25) is 0 Å². The van der Waals surface area contributed by atoms with Gasteiger partial charge in [0.15, 0.2) is 5.13 Å². The zero-order valence-corrected chi connectivity index (χ0v) is 16.8. The van der Waals surface area contributed by atoms with Gasteiger partial charge in [-0.1, -0.05) is 13.8 Å². The zero-order valence-electron chi connectivity index (χ0n) is 16.0. The Labute approximate surface area is 163 Å². The summed E-state index contributed by atoms with van der Waals surface area (Å²) in [6, 6.07) is 3.95. The van der Waals surface area contributed by atoms with Crippen molar-refractivity contribution in [3.8, 4) is 0 Å². The van der Waals surface area contributed by atoms with Crippen LogP contribution < -0.4 is 5.32 Å². The van der Waals surface area contributed by atoms with Crippen molar-refractivity contribution >= 4 is 28.0 Å². The number of nitrogens with one attached hydrogen (secondary N) is 1. The number of hydrogen-bond acceptors (Lipinski definition) is 5. The van der Waals surface area contributed by atoms with Crippen molar-refractivity contribution < 1.29 is 4.79 Å². The summed E-state index contributed by atoms with van der Waals surface area (Å²) in [5.41, 5.74) is 3.30. The van der Waals surface area contributed by atoms with E-state index in [0.29, 0.717) is 10.8 Å². The summed E-state index contributed by atoms with van der Waals surface area (Å²) >= 11 is 1.47. The molecule has 1 fully saturated rings. The molecule has 2 atom stereocenters. The van der Waals surface area contributed by atoms with Gasteiger partial charge in [-0.3, -0.25) is 15.0 Å². The summed E-state index contributed by atoms with van der Waals surface area (Å²) in [7, 11) is 0. The highest BCUT2D eigenvalue weighted by Crippen LogP contribution is 2.24. The normalized spacial score (nSPS) is 20.9. The van der Waals surface area contributed by atoms with Gasteiger partial charge >= 0.3 is 0 Å². The number of thiazole rings is 1. The van der Waals surface area contributed by atoms with E-state index < -0.39 is 0 Å². The molecule has 1 N–H and O–H groups in total. The Kier molecular flexibility index (Phi) is 4.97. The number of nitrogens with zero attached hydrogens (tertiary/aromatic N) is 4. The van der Waals surface area contributed by atoms with Gasteiger partial charge < -0.3 is 4.40 Å². The topological polar surface area (TPSA) is 62.5 Å². The van der Waals surface area contributed by atoms with Crippen LogP contribution in [0.4, 0.5) is 5.13 Å². The summed E-state index contributed by atoms with van der Waals surface area (Å²) in [6.07, 6.45) is 4.96. The van der Waals surface area contributed by atoms with Crippen LogP contribution in [-0.4, -0.2) is 38.3 Å². The first-order chi connectivity index (χ1) is 13.0. The summed E-state index contributed by atoms with van der Waals surface area (Å²) < 4.78 is 1.86. The number of carbonyl (C=O) groups excluding carboxylic acids is 1. The predicted molar refractivity (Wildman–Crippen MR) is 108 cm³/mol. The molecule has 1 aliphatic rings. The standard InChI is InChI=1S/C20H25N5OS/c1-13-4-5-25-11-17(22-18(25)7-13)19(26)23-20-21-16(12-27-20)10-24-8-14(2)6-15(3)9-24/h4-5,7,11-12,14-15H,6,8-10H2,1-3H3,(H,21,23,26). The van der Waals surface area contributed by atoms with E-state index >= 15 is 0 Å². The molecule has 27 heavy (non-hydrogen) atoms. The van der Waals surface area contributed by atoms with E-state index in [-0.39, 0.29) is 5.91 Å². The third-order valence-corrected chi connectivity index (χ3v) is 5.76. The second-order valence-corrected chi connectivity index (χ2v) is 8.69. The van der Waals surface area contributed by atoms with Crippen LogP contribution in [-0.2, 0) is 6.54 Å². The number of hydrogen-bond donors (Lipinski definition) is 1. The summed E-state index contributed by atoms with van der Waals surface area (Å²) in [5.74, 6) is 1.23. The molecule has 0 saturated carbocycles. The van der Waals surface area contributed by atoms with Gasteiger partial charge in [0.25, 0.3) is 5.91 Å². The first kappa shape index (κ1) is 18.1. The number of fused-ring (bicyclic) bond motifs is 1. The quantitative estimate of drug-likeness (QED) is 0.744. The monoisotopic (exact) mass is 383 g/mol. The number of pyridine rings is 1. The predicted octanol–water partition coefficient (Wildman–Crippen LogP) is 3.83. The molecule has 1 aliphatic heterocycles. The number of imidazole rings is 1. The van der Waals surface area contributed by atoms with Crippen LogP contribution in [0.3, 0.4) is 0 Å². The minimum absolute atomic E-state index is 0.225. The van der Waals surface area contributed by atoms with Crippen LogP contribution in [0.25, 0.3) is 5.65 Å². The van der Waals surface area contributed by atoms with Gasteiger partial charge in [0, 0.05) is 37.4 Å². The first-order valence-electron chi connectivity index (χ1n) is 9.40. The van der Waals surface area contributed by atoms with Crippen LogP contribution in [0.5, 0.6) is 0 Å². The highest BCUT2D eigenvalue weighted by molar-refractivity contribution is 7.13. The average Bonchev–Trinajstić information content (AvgIpc) is 3.20. The lowest BCUT2D eigenvalue weighted by Crippen LogP contribution is -2.38. The van der Waals surface area contributed by atoms with Crippen molar-refractivity contribution in [1.82, 2.24) is 19.3 Å². The highest BCUT2D eigenvalue weighted by atomic mass is 32.1. The lowest BCUT2D eigenvalue weighted by atomic mass is 9.92. The maximum atomic E-state index is 12.5. The smallest absolute Gasteiger partial charge is 0.277 e. The Morgan fingerprint density at radius 3 is 2.85 bits per heavy atom. The van der Waals surface area contributed by atoms with Crippen molar-refractivity contribution in [2.75, 3.05) is 18.4 Å². The molecule has 0 bridgehead atoms. The van der Waals surface area contributed by atoms with E-state index in [2.05, 4.69) is 34.0 Å². The summed E-state index contributed by atoms with van der Waals surface area (Å²) in [5, 5.41) is 5.54. The average molecular weight is 384 g/mol. The van der Waals surface area contributed by atoms with Crippen molar-refractivity contribution in [1.29, 1.82) is 0 Å². The van der Waals surface area contributed by atoms with Crippen LogP contribution in [0.15, 0.2) is 29.9 Å². The lowest BCUT2D eigenvalue weighted by molar-refractivity contribution is 0.102. The third kappa shape index (κ3) is 4.20. The number of carbonyl (C=O) groups is 1. The molecule has 4 heterocycles. The molecule has 2 unspecified atom stereocenters. The second kappa shape index (κ2) is 7.40. The van der Waals surface area contributed by atoms with Gasteiger partial charge in [0.1, 0.15) is 11.3 Å². The molecule has 3 aromatic heterocycles. The fraction of sp³-hybridized carbons (Fsp3) is 0.450. The summed E-state index contributed by atoms with van der Waals surface area (Å²) in [6.45, 7) is 9.70. The molecule has 0 aliphatic carbocycles. The largest absolute Gasteiger partial charge is 0.306 e. The minimum Gasteiger partial charge on any atom is -0.306 e. The first-order valence-corrected chi connectivity index (χ1v) is 10.3. The number of piperidine rings is 1. The maximum Gasteiger partial charge on any atom is 0.277 e. The number of amides is 1. The Balaban J connectivity index is 1.41. The molecule has 0 aromatic carbocycles. The van der Waals surface area contributed by atoms with Crippen molar-refractivity contribution in [2.24, 2.45) is 11.8 Å². The molecule has 7 heteroatoms. The number of aryl methyl sites for hydroxylation is 1. The fourth-order valence-electron chi connectivity index (χ4n) is 3.94. The molecular weight excluding hydrogens is 358 g/mol. The molecule has 1 amide bonds. The number of likely N-dealkylation sites (tertiary alicyclic amines) is 1. The third-order valence-electron chi connectivity index (χ3n) is 4.95. The molecule has 1 saturated heterocycles. The molecular formula is C20H25N5OS. The van der Waals surface area contributed by atoms with Gasteiger partial charge in [0.05, 0.1) is 5.69 Å². The Morgan fingerprint density at radius 2 is 2.07 bits per heavy atom. The van der Waals surface area contributed by atoms with Crippen molar-refractivity contribution in [2.45, 2.75) is 33.7 Å². The minimum atomic E-state index is -0.225. The molecule has 0 spiro atoms. The maximum absolute atomic E-state index is 12.5. The molecule has 4 rings (SSSR count). The van der Waals surface area contributed by atoms with Crippen LogP contribution >= 0.6 is 11.3 Å². The Hall–Kier alpha value is -2.25. The van der Waals surface area contributed by atoms with E-state index in [1.807, 2.05) is 35.0 Å². The van der Waals surface area contributed by atoms with E-state index in [4.69, 9.17) is 0 Å². The Bertz CT molecular complexity index is 952. The SMILES string of the molecule is Cc1ccn2cc(C(=O)Nc3nc(CN4CC(C)CC(C)C4)cs3)nc2c1. The molecule has 3 aromatic rings. The van der Waals surface area contributed by atoms with Crippen molar-refractivity contribution in [3.05, 3.63) is 46.9 Å². The second-order valence-electron chi connectivity index (χ2n) is 7.83. The number of aromatic nitrogens is 3. The van der Waals surface area contributed by atoms with Gasteiger partial charge in [-0.2, -0.15) is 0 Å². The molecule has 142 valence electrons. The number of rotatable bonds is 4. The van der Waals surface area contributed by atoms with Crippen LogP contribution in [0.1, 0.15) is 42.0 Å².